The summed E-state index contributed by atoms with van der Waals surface area (Å²) in [7, 11) is 1.25. The van der Waals surface area contributed by atoms with Crippen molar-refractivity contribution in [3.05, 3.63) is 63.0 Å². The number of carbonyl (C=O) groups is 2. The number of pyridine rings is 1. The normalized spacial score (nSPS) is 10.1. The number of nitrogens with zero attached hydrogens (tertiary/aromatic N) is 1. The standard InChI is InChI=1S/C15H13BrN2O4/c1-22-15(21)10-5-6-14(20)18(8-10)9-13(19)17-12-4-2-3-11(16)7-12/h2-8H,9H2,1H3,(H,17,19). The monoisotopic (exact) mass is 364 g/mol. The van der Waals surface area contributed by atoms with Gasteiger partial charge < -0.3 is 14.6 Å². The van der Waals surface area contributed by atoms with E-state index in [-0.39, 0.29) is 23.6 Å². The number of esters is 1. The van der Waals surface area contributed by atoms with Gasteiger partial charge in [0.15, 0.2) is 0 Å². The third kappa shape index (κ3) is 4.05. The number of anilines is 1. The molecule has 6 nitrogen and oxygen atoms in total. The van der Waals surface area contributed by atoms with Gasteiger partial charge >= 0.3 is 5.97 Å². The van der Waals surface area contributed by atoms with E-state index in [9.17, 15) is 14.4 Å². The van der Waals surface area contributed by atoms with Gasteiger partial charge in [-0.05, 0) is 24.3 Å². The third-order valence-electron chi connectivity index (χ3n) is 2.83. The van der Waals surface area contributed by atoms with E-state index in [1.54, 1.807) is 18.2 Å². The van der Waals surface area contributed by atoms with Gasteiger partial charge in [-0.25, -0.2) is 4.79 Å². The van der Waals surface area contributed by atoms with Crippen LogP contribution in [0.15, 0.2) is 51.9 Å². The van der Waals surface area contributed by atoms with E-state index >= 15 is 0 Å². The van der Waals surface area contributed by atoms with Gasteiger partial charge in [0.25, 0.3) is 5.56 Å². The van der Waals surface area contributed by atoms with Gasteiger partial charge in [-0.3, -0.25) is 9.59 Å². The van der Waals surface area contributed by atoms with Crippen molar-refractivity contribution in [1.29, 1.82) is 0 Å². The van der Waals surface area contributed by atoms with Crippen LogP contribution in [0, 0.1) is 0 Å². The Bertz CT molecular complexity index is 770. The molecule has 0 aliphatic heterocycles. The Morgan fingerprint density at radius 3 is 2.73 bits per heavy atom. The molecule has 0 unspecified atom stereocenters. The fraction of sp³-hybridized carbons (Fsp3) is 0.133. The molecule has 0 atom stereocenters. The molecule has 1 N–H and O–H groups in total. The number of benzene rings is 1. The Morgan fingerprint density at radius 1 is 1.27 bits per heavy atom. The highest BCUT2D eigenvalue weighted by Gasteiger charge is 2.10. The SMILES string of the molecule is COC(=O)c1ccc(=O)n(CC(=O)Nc2cccc(Br)c2)c1. The summed E-state index contributed by atoms with van der Waals surface area (Å²) in [5.41, 5.74) is 0.436. The fourth-order valence-corrected chi connectivity index (χ4v) is 2.21. The van der Waals surface area contributed by atoms with Gasteiger partial charge in [0.05, 0.1) is 12.7 Å². The van der Waals surface area contributed by atoms with Gasteiger partial charge in [-0.2, -0.15) is 0 Å². The van der Waals surface area contributed by atoms with Crippen LogP contribution in [-0.4, -0.2) is 23.6 Å². The number of methoxy groups -OCH3 is 1. The zero-order valence-corrected chi connectivity index (χ0v) is 13.3. The summed E-state index contributed by atoms with van der Waals surface area (Å²) in [5.74, 6) is -0.941. The molecule has 0 aliphatic rings. The Morgan fingerprint density at radius 2 is 2.05 bits per heavy atom. The number of hydrogen-bond donors (Lipinski definition) is 1. The summed E-state index contributed by atoms with van der Waals surface area (Å²) < 4.78 is 6.57. The van der Waals surface area contributed by atoms with Crippen LogP contribution >= 0.6 is 15.9 Å². The van der Waals surface area contributed by atoms with Crippen LogP contribution in [0.3, 0.4) is 0 Å². The van der Waals surface area contributed by atoms with E-state index in [4.69, 9.17) is 0 Å². The molecule has 22 heavy (non-hydrogen) atoms. The van der Waals surface area contributed by atoms with Gasteiger partial charge in [0.2, 0.25) is 5.91 Å². The van der Waals surface area contributed by atoms with Crippen LogP contribution in [-0.2, 0) is 16.1 Å². The topological polar surface area (TPSA) is 77.4 Å². The van der Waals surface area contributed by atoms with Crippen LogP contribution in [0.2, 0.25) is 0 Å². The first kappa shape index (κ1) is 16.0. The van der Waals surface area contributed by atoms with E-state index < -0.39 is 5.97 Å². The molecule has 0 saturated heterocycles. The lowest BCUT2D eigenvalue weighted by Gasteiger charge is -2.09. The number of carbonyl (C=O) groups excluding carboxylic acids is 2. The number of nitrogens with one attached hydrogen (secondary N) is 1. The molecule has 1 heterocycles. The Kier molecular flexibility index (Phi) is 5.11. The molecule has 2 rings (SSSR count). The number of ether oxygens (including phenoxy) is 1. The number of rotatable bonds is 4. The van der Waals surface area contributed by atoms with Crippen molar-refractivity contribution in [2.75, 3.05) is 12.4 Å². The lowest BCUT2D eigenvalue weighted by atomic mass is 10.3. The van der Waals surface area contributed by atoms with Crippen molar-refractivity contribution in [1.82, 2.24) is 4.57 Å². The highest BCUT2D eigenvalue weighted by Crippen LogP contribution is 2.15. The highest BCUT2D eigenvalue weighted by molar-refractivity contribution is 9.10. The number of aromatic nitrogens is 1. The van der Waals surface area contributed by atoms with Crippen molar-refractivity contribution >= 4 is 33.5 Å². The van der Waals surface area contributed by atoms with Crippen molar-refractivity contribution in [2.24, 2.45) is 0 Å². The molecule has 0 bridgehead atoms. The number of amides is 1. The molecule has 0 spiro atoms. The maximum atomic E-state index is 12.0. The molecule has 7 heteroatoms. The second-order valence-corrected chi connectivity index (χ2v) is 5.35. The van der Waals surface area contributed by atoms with Gasteiger partial charge in [-0.1, -0.05) is 22.0 Å². The minimum absolute atomic E-state index is 0.198. The average molecular weight is 365 g/mol. The molecular weight excluding hydrogens is 352 g/mol. The minimum atomic E-state index is -0.568. The van der Waals surface area contributed by atoms with Crippen LogP contribution < -0.4 is 10.9 Å². The van der Waals surface area contributed by atoms with Gasteiger partial charge in [0, 0.05) is 22.4 Å². The van der Waals surface area contributed by atoms with E-state index in [1.807, 2.05) is 6.07 Å². The van der Waals surface area contributed by atoms with Gasteiger partial charge in [0.1, 0.15) is 6.54 Å². The van der Waals surface area contributed by atoms with E-state index in [2.05, 4.69) is 26.0 Å². The first-order valence-electron chi connectivity index (χ1n) is 6.34. The quantitative estimate of drug-likeness (QED) is 0.842. The van der Waals surface area contributed by atoms with Crippen molar-refractivity contribution in [2.45, 2.75) is 6.54 Å². The van der Waals surface area contributed by atoms with Crippen molar-refractivity contribution in [3.8, 4) is 0 Å². The molecule has 0 fully saturated rings. The largest absolute Gasteiger partial charge is 0.465 e. The van der Waals surface area contributed by atoms with Crippen LogP contribution in [0.4, 0.5) is 5.69 Å². The third-order valence-corrected chi connectivity index (χ3v) is 3.32. The summed E-state index contributed by atoms with van der Waals surface area (Å²) in [6, 6.07) is 9.67. The van der Waals surface area contributed by atoms with Crippen molar-refractivity contribution in [3.63, 3.8) is 0 Å². The number of halogens is 1. The number of hydrogen-bond acceptors (Lipinski definition) is 4. The molecule has 2 aromatic rings. The van der Waals surface area contributed by atoms with E-state index in [0.717, 1.165) is 9.04 Å². The zero-order valence-electron chi connectivity index (χ0n) is 11.7. The zero-order chi connectivity index (χ0) is 16.1. The summed E-state index contributed by atoms with van der Waals surface area (Å²) in [4.78, 5) is 35.2. The molecule has 0 aliphatic carbocycles. The lowest BCUT2D eigenvalue weighted by molar-refractivity contribution is -0.116. The van der Waals surface area contributed by atoms with E-state index in [0.29, 0.717) is 5.69 Å². The molecule has 0 saturated carbocycles. The second kappa shape index (κ2) is 7.04. The average Bonchev–Trinajstić information content (AvgIpc) is 2.48. The Hall–Kier alpha value is -2.41. The van der Waals surface area contributed by atoms with Crippen molar-refractivity contribution < 1.29 is 14.3 Å². The minimum Gasteiger partial charge on any atom is -0.465 e. The first-order chi connectivity index (χ1) is 10.5. The predicted octanol–water partition coefficient (Wildman–Crippen LogP) is 2.04. The molecule has 1 aromatic heterocycles. The maximum Gasteiger partial charge on any atom is 0.339 e. The lowest BCUT2D eigenvalue weighted by Crippen LogP contribution is -2.27. The van der Waals surface area contributed by atoms with Crippen LogP contribution in [0.1, 0.15) is 10.4 Å². The molecule has 1 amide bonds. The summed E-state index contributed by atoms with van der Waals surface area (Å²) in [6.45, 7) is -0.198. The molecular formula is C15H13BrN2O4. The van der Waals surface area contributed by atoms with Crippen LogP contribution in [0.25, 0.3) is 0 Å². The second-order valence-electron chi connectivity index (χ2n) is 4.43. The summed E-state index contributed by atoms with van der Waals surface area (Å²) >= 11 is 3.31. The first-order valence-corrected chi connectivity index (χ1v) is 7.13. The summed E-state index contributed by atoms with van der Waals surface area (Å²) in [6.07, 6.45) is 1.30. The highest BCUT2D eigenvalue weighted by atomic mass is 79.9. The van der Waals surface area contributed by atoms with Gasteiger partial charge in [-0.15, -0.1) is 0 Å². The Balaban J connectivity index is 2.14. The smallest absolute Gasteiger partial charge is 0.339 e. The van der Waals surface area contributed by atoms with Crippen LogP contribution in [0.5, 0.6) is 0 Å². The molecule has 114 valence electrons. The molecule has 0 radical (unpaired) electrons. The maximum absolute atomic E-state index is 12.0. The van der Waals surface area contributed by atoms with E-state index in [1.165, 1.54) is 25.4 Å². The molecule has 1 aromatic carbocycles. The Labute approximate surface area is 134 Å². The fourth-order valence-electron chi connectivity index (χ4n) is 1.81. The predicted molar refractivity (Wildman–Crippen MR) is 84.8 cm³/mol. The summed E-state index contributed by atoms with van der Waals surface area (Å²) in [5, 5.41) is 2.68.